The molecule has 0 aliphatic carbocycles. The monoisotopic (exact) mass is 495 g/mol. The molecule has 182 valence electrons. The maximum absolute atomic E-state index is 13.1. The van der Waals surface area contributed by atoms with Crippen molar-refractivity contribution >= 4 is 29.0 Å². The number of rotatable bonds is 9. The average Bonchev–Trinajstić information content (AvgIpc) is 3.30. The Bertz CT molecular complexity index is 1390. The van der Waals surface area contributed by atoms with Crippen molar-refractivity contribution in [2.75, 3.05) is 26.6 Å². The first kappa shape index (κ1) is 24.1. The van der Waals surface area contributed by atoms with Crippen LogP contribution in [0.5, 0.6) is 17.2 Å². The van der Waals surface area contributed by atoms with E-state index in [4.69, 9.17) is 14.2 Å². The van der Waals surface area contributed by atoms with Crippen LogP contribution in [0.4, 0.5) is 5.69 Å². The van der Waals surface area contributed by atoms with Crippen molar-refractivity contribution in [2.45, 2.75) is 23.8 Å². The maximum atomic E-state index is 13.1. The third-order valence-electron chi connectivity index (χ3n) is 5.30. The standard InChI is InChI=1S/C24H25N5O5S/c1-5-20(22(30)25-15-11-18(33-3)14-19(12-15)34-4)35-24-27-26-21-23(31)28(9-10-29(21)24)16-7-6-8-17(13-16)32-2/h6-14,20H,5H2,1-4H3,(H,25,30). The summed E-state index contributed by atoms with van der Waals surface area (Å²) in [7, 11) is 4.66. The quantitative estimate of drug-likeness (QED) is 0.352. The van der Waals surface area contributed by atoms with Gasteiger partial charge < -0.3 is 19.5 Å². The molecule has 4 aromatic rings. The molecule has 1 N–H and O–H groups in total. The number of nitrogens with one attached hydrogen (secondary N) is 1. The predicted octanol–water partition coefficient (Wildman–Crippen LogP) is 3.42. The molecular formula is C24H25N5O5S. The Kier molecular flexibility index (Phi) is 7.25. The molecule has 0 saturated carbocycles. The first-order valence-electron chi connectivity index (χ1n) is 10.8. The van der Waals surface area contributed by atoms with Gasteiger partial charge in [0.2, 0.25) is 11.6 Å². The minimum atomic E-state index is -0.472. The van der Waals surface area contributed by atoms with E-state index in [9.17, 15) is 9.59 Å². The number of carbonyl (C=O) groups excluding carboxylic acids is 1. The highest BCUT2D eigenvalue weighted by Gasteiger charge is 2.22. The molecule has 0 saturated heterocycles. The molecule has 2 aromatic carbocycles. The van der Waals surface area contributed by atoms with Gasteiger partial charge in [-0.15, -0.1) is 10.2 Å². The lowest BCUT2D eigenvalue weighted by Crippen LogP contribution is -2.25. The SMILES string of the molecule is CCC(Sc1nnc2c(=O)n(-c3cccc(OC)c3)ccn12)C(=O)Nc1cc(OC)cc(OC)c1. The number of thioether (sulfide) groups is 1. The zero-order chi connectivity index (χ0) is 24.9. The fourth-order valence-electron chi connectivity index (χ4n) is 3.46. The molecule has 0 spiro atoms. The van der Waals surface area contributed by atoms with Crippen molar-refractivity contribution in [1.29, 1.82) is 0 Å². The van der Waals surface area contributed by atoms with Crippen LogP contribution in [0.1, 0.15) is 13.3 Å². The molecule has 10 nitrogen and oxygen atoms in total. The van der Waals surface area contributed by atoms with Crippen LogP contribution in [0, 0.1) is 0 Å². The summed E-state index contributed by atoms with van der Waals surface area (Å²) in [4.78, 5) is 26.1. The number of amides is 1. The lowest BCUT2D eigenvalue weighted by molar-refractivity contribution is -0.115. The topological polar surface area (TPSA) is 109 Å². The van der Waals surface area contributed by atoms with Gasteiger partial charge in [-0.3, -0.25) is 18.6 Å². The Hall–Kier alpha value is -3.99. The summed E-state index contributed by atoms with van der Waals surface area (Å²) < 4.78 is 18.9. The lowest BCUT2D eigenvalue weighted by atomic mass is 10.2. The van der Waals surface area contributed by atoms with Crippen LogP contribution < -0.4 is 25.1 Å². The second kappa shape index (κ2) is 10.5. The second-order valence-corrected chi connectivity index (χ2v) is 8.63. The van der Waals surface area contributed by atoms with Gasteiger partial charge in [0.15, 0.2) is 5.16 Å². The zero-order valence-corrected chi connectivity index (χ0v) is 20.5. The van der Waals surface area contributed by atoms with Crippen LogP contribution in [-0.4, -0.2) is 51.7 Å². The van der Waals surface area contributed by atoms with Gasteiger partial charge in [-0.1, -0.05) is 24.8 Å². The van der Waals surface area contributed by atoms with Gasteiger partial charge in [-0.25, -0.2) is 0 Å². The molecule has 0 fully saturated rings. The maximum Gasteiger partial charge on any atom is 0.300 e. The number of carbonyl (C=O) groups is 1. The van der Waals surface area contributed by atoms with Gasteiger partial charge in [0.05, 0.1) is 32.3 Å². The molecule has 11 heteroatoms. The highest BCUT2D eigenvalue weighted by molar-refractivity contribution is 8.00. The highest BCUT2D eigenvalue weighted by Crippen LogP contribution is 2.29. The number of fused-ring (bicyclic) bond motifs is 1. The molecule has 1 atom stereocenters. The molecule has 4 rings (SSSR count). The van der Waals surface area contributed by atoms with Crippen molar-refractivity contribution in [3.63, 3.8) is 0 Å². The Morgan fingerprint density at radius 2 is 1.71 bits per heavy atom. The van der Waals surface area contributed by atoms with Gasteiger partial charge >= 0.3 is 5.56 Å². The molecule has 0 radical (unpaired) electrons. The summed E-state index contributed by atoms with van der Waals surface area (Å²) in [6.45, 7) is 1.91. The van der Waals surface area contributed by atoms with Crippen LogP contribution >= 0.6 is 11.8 Å². The molecule has 2 heterocycles. The Balaban J connectivity index is 1.58. The molecule has 0 aliphatic heterocycles. The lowest BCUT2D eigenvalue weighted by Gasteiger charge is -2.15. The summed E-state index contributed by atoms with van der Waals surface area (Å²) in [5.41, 5.74) is 1.03. The third kappa shape index (κ3) is 5.09. The van der Waals surface area contributed by atoms with Crippen molar-refractivity contribution in [1.82, 2.24) is 19.2 Å². The van der Waals surface area contributed by atoms with Crippen LogP contribution in [-0.2, 0) is 4.79 Å². The molecule has 2 aromatic heterocycles. The fourth-order valence-corrected chi connectivity index (χ4v) is 4.40. The van der Waals surface area contributed by atoms with Gasteiger partial charge in [-0.05, 0) is 18.6 Å². The second-order valence-electron chi connectivity index (χ2n) is 7.46. The molecule has 35 heavy (non-hydrogen) atoms. The summed E-state index contributed by atoms with van der Waals surface area (Å²) >= 11 is 1.24. The predicted molar refractivity (Wildman–Crippen MR) is 133 cm³/mol. The molecule has 0 aliphatic rings. The molecule has 0 bridgehead atoms. The van der Waals surface area contributed by atoms with E-state index in [0.29, 0.717) is 40.2 Å². The minimum Gasteiger partial charge on any atom is -0.497 e. The first-order valence-corrected chi connectivity index (χ1v) is 11.7. The van der Waals surface area contributed by atoms with Crippen LogP contribution in [0.2, 0.25) is 0 Å². The van der Waals surface area contributed by atoms with Crippen molar-refractivity contribution < 1.29 is 19.0 Å². The van der Waals surface area contributed by atoms with Crippen LogP contribution in [0.3, 0.4) is 0 Å². The smallest absolute Gasteiger partial charge is 0.300 e. The Morgan fingerprint density at radius 3 is 2.37 bits per heavy atom. The van der Waals surface area contributed by atoms with Crippen molar-refractivity contribution in [3.8, 4) is 22.9 Å². The fraction of sp³-hybridized carbons (Fsp3) is 0.250. The highest BCUT2D eigenvalue weighted by atomic mass is 32.2. The number of benzene rings is 2. The normalized spacial score (nSPS) is 11.8. The number of ether oxygens (including phenoxy) is 3. The number of hydrogen-bond acceptors (Lipinski definition) is 8. The molecular weight excluding hydrogens is 470 g/mol. The van der Waals surface area contributed by atoms with E-state index in [1.54, 1.807) is 80.6 Å². The van der Waals surface area contributed by atoms with Gasteiger partial charge in [0, 0.05) is 42.3 Å². The van der Waals surface area contributed by atoms with E-state index in [1.807, 2.05) is 6.92 Å². The van der Waals surface area contributed by atoms with E-state index in [1.165, 1.54) is 16.3 Å². The van der Waals surface area contributed by atoms with E-state index in [2.05, 4.69) is 15.5 Å². The van der Waals surface area contributed by atoms with Gasteiger partial charge in [-0.2, -0.15) is 0 Å². The van der Waals surface area contributed by atoms with E-state index < -0.39 is 5.25 Å². The van der Waals surface area contributed by atoms with E-state index >= 15 is 0 Å². The number of methoxy groups -OCH3 is 3. The Morgan fingerprint density at radius 1 is 1.00 bits per heavy atom. The largest absolute Gasteiger partial charge is 0.497 e. The van der Waals surface area contributed by atoms with Crippen LogP contribution in [0.15, 0.2) is 64.8 Å². The number of nitrogens with zero attached hydrogens (tertiary/aromatic N) is 4. The summed E-state index contributed by atoms with van der Waals surface area (Å²) in [6.07, 6.45) is 3.88. The van der Waals surface area contributed by atoms with E-state index in [-0.39, 0.29) is 17.1 Å². The summed E-state index contributed by atoms with van der Waals surface area (Å²) in [5, 5.41) is 11.1. The van der Waals surface area contributed by atoms with Crippen molar-refractivity contribution in [2.24, 2.45) is 0 Å². The zero-order valence-electron chi connectivity index (χ0n) is 19.7. The average molecular weight is 496 g/mol. The number of hydrogen-bond donors (Lipinski definition) is 1. The van der Waals surface area contributed by atoms with Gasteiger partial charge in [0.1, 0.15) is 17.2 Å². The Labute approximate surface area is 205 Å². The minimum absolute atomic E-state index is 0.158. The third-order valence-corrected chi connectivity index (χ3v) is 6.62. The number of aromatic nitrogens is 4. The summed E-state index contributed by atoms with van der Waals surface area (Å²) in [6, 6.07) is 12.3. The van der Waals surface area contributed by atoms with E-state index in [0.717, 1.165) is 0 Å². The molecule has 1 unspecified atom stereocenters. The van der Waals surface area contributed by atoms with Gasteiger partial charge in [0.25, 0.3) is 0 Å². The molecule has 1 amide bonds. The van der Waals surface area contributed by atoms with Crippen LogP contribution in [0.25, 0.3) is 11.3 Å². The first-order chi connectivity index (χ1) is 17.0. The summed E-state index contributed by atoms with van der Waals surface area (Å²) in [5.74, 6) is 1.55. The number of anilines is 1. The van der Waals surface area contributed by atoms with Crippen molar-refractivity contribution in [3.05, 3.63) is 65.2 Å².